The summed E-state index contributed by atoms with van der Waals surface area (Å²) in [7, 11) is 0. The number of carbonyl (C=O) groups is 6. The van der Waals surface area contributed by atoms with Crippen LogP contribution in [-0.4, -0.2) is 95.6 Å². The van der Waals surface area contributed by atoms with Gasteiger partial charge in [0.25, 0.3) is 5.91 Å². The minimum Gasteiger partial charge on any atom is -0.347 e. The third-order valence-electron chi connectivity index (χ3n) is 9.71. The molecule has 2 aliphatic carbocycles. The molecule has 250 valence electrons. The number of piperidine rings is 1. The smallest absolute Gasteiger partial charge is 0.315 e. The molecule has 1 saturated carbocycles. The molecular formula is C34H48N6O6. The van der Waals surface area contributed by atoms with E-state index in [0.717, 1.165) is 36.8 Å². The molecule has 0 aromatic heterocycles. The van der Waals surface area contributed by atoms with E-state index in [9.17, 15) is 28.8 Å². The van der Waals surface area contributed by atoms with Crippen molar-refractivity contribution >= 4 is 35.4 Å². The number of urea groups is 1. The minimum atomic E-state index is -0.899. The zero-order valence-corrected chi connectivity index (χ0v) is 27.2. The first-order valence-electron chi connectivity index (χ1n) is 16.7. The maximum Gasteiger partial charge on any atom is 0.315 e. The van der Waals surface area contributed by atoms with Gasteiger partial charge in [-0.3, -0.25) is 24.0 Å². The number of hydrogen-bond acceptors (Lipinski definition) is 6. The highest BCUT2D eigenvalue weighted by molar-refractivity contribution is 6.37. The Morgan fingerprint density at radius 1 is 0.913 bits per heavy atom. The summed E-state index contributed by atoms with van der Waals surface area (Å²) >= 11 is 0. The van der Waals surface area contributed by atoms with Gasteiger partial charge < -0.3 is 31.1 Å². The first-order valence-corrected chi connectivity index (χ1v) is 16.7. The molecule has 0 spiro atoms. The summed E-state index contributed by atoms with van der Waals surface area (Å²) in [5.41, 5.74) is 1.90. The molecule has 5 rings (SSSR count). The molecule has 6 amide bonds. The number of Topliss-reactive ketones (excluding diaryl/α,β-unsaturated/α-hetero) is 1. The van der Waals surface area contributed by atoms with Crippen LogP contribution in [0.4, 0.5) is 4.79 Å². The number of fused-ring (bicyclic) bond motifs is 1. The fourth-order valence-electron chi connectivity index (χ4n) is 6.70. The topological polar surface area (TPSA) is 157 Å². The second-order valence-corrected chi connectivity index (χ2v) is 14.3. The molecule has 3 atom stereocenters. The zero-order valence-electron chi connectivity index (χ0n) is 27.2. The van der Waals surface area contributed by atoms with E-state index in [-0.39, 0.29) is 35.2 Å². The molecule has 4 N–H and O–H groups in total. The number of amides is 6. The number of likely N-dealkylation sites (tertiary alicyclic amines) is 2. The zero-order chi connectivity index (χ0) is 33.0. The van der Waals surface area contributed by atoms with Crippen molar-refractivity contribution in [3.63, 3.8) is 0 Å². The van der Waals surface area contributed by atoms with E-state index in [2.05, 4.69) is 21.3 Å². The van der Waals surface area contributed by atoms with Crippen LogP contribution >= 0.6 is 0 Å². The van der Waals surface area contributed by atoms with Gasteiger partial charge in [0.05, 0.1) is 12.6 Å². The van der Waals surface area contributed by atoms with Crippen molar-refractivity contribution in [3.8, 4) is 0 Å². The van der Waals surface area contributed by atoms with Crippen LogP contribution in [-0.2, 0) is 36.8 Å². The van der Waals surface area contributed by atoms with Crippen molar-refractivity contribution in [1.82, 2.24) is 31.1 Å². The minimum absolute atomic E-state index is 0.0318. The monoisotopic (exact) mass is 636 g/mol. The van der Waals surface area contributed by atoms with E-state index >= 15 is 0 Å². The number of benzene rings is 1. The summed E-state index contributed by atoms with van der Waals surface area (Å²) < 4.78 is 0. The summed E-state index contributed by atoms with van der Waals surface area (Å²) in [6, 6.07) is 5.46. The summed E-state index contributed by atoms with van der Waals surface area (Å²) in [6.45, 7) is 6.98. The maximum atomic E-state index is 14.3. The van der Waals surface area contributed by atoms with Gasteiger partial charge in [-0.25, -0.2) is 4.79 Å². The number of carbonyl (C=O) groups excluding carboxylic acids is 6. The SMILES string of the molecule is CC(C)(C)[C@@H](CN1CCCCC1=O)NC(=O)N[C@H](C(=O)N1CCC[C@H]1C(=O)NCC(=O)C(=O)NC1CC1)C1Cc2ccccc2C1. The van der Waals surface area contributed by atoms with Crippen LogP contribution in [0.15, 0.2) is 24.3 Å². The summed E-state index contributed by atoms with van der Waals surface area (Å²) in [5, 5.41) is 11.2. The fraction of sp³-hybridized carbons (Fsp3) is 0.647. The van der Waals surface area contributed by atoms with Crippen LogP contribution in [0, 0.1) is 11.3 Å². The number of hydrogen-bond donors (Lipinski definition) is 4. The fourth-order valence-corrected chi connectivity index (χ4v) is 6.70. The predicted molar refractivity (Wildman–Crippen MR) is 170 cm³/mol. The van der Waals surface area contributed by atoms with Crippen molar-refractivity contribution in [2.75, 3.05) is 26.2 Å². The molecule has 4 aliphatic rings. The predicted octanol–water partition coefficient (Wildman–Crippen LogP) is 1.45. The normalized spacial score (nSPS) is 21.3. The van der Waals surface area contributed by atoms with Gasteiger partial charge in [0.2, 0.25) is 23.5 Å². The van der Waals surface area contributed by atoms with Gasteiger partial charge in [-0.2, -0.15) is 0 Å². The highest BCUT2D eigenvalue weighted by atomic mass is 16.2. The van der Waals surface area contributed by atoms with Crippen molar-refractivity contribution in [1.29, 1.82) is 0 Å². The van der Waals surface area contributed by atoms with Gasteiger partial charge in [0.1, 0.15) is 12.1 Å². The Labute approximate surface area is 270 Å². The average molecular weight is 637 g/mol. The van der Waals surface area contributed by atoms with Crippen LogP contribution in [0.2, 0.25) is 0 Å². The molecular weight excluding hydrogens is 588 g/mol. The molecule has 1 aromatic carbocycles. The second-order valence-electron chi connectivity index (χ2n) is 14.3. The number of ketones is 1. The molecule has 0 bridgehead atoms. The lowest BCUT2D eigenvalue weighted by molar-refractivity contribution is -0.142. The molecule has 0 radical (unpaired) electrons. The molecule has 1 aromatic rings. The van der Waals surface area contributed by atoms with Crippen LogP contribution in [0.1, 0.15) is 76.8 Å². The van der Waals surface area contributed by atoms with E-state index in [0.29, 0.717) is 51.7 Å². The van der Waals surface area contributed by atoms with Gasteiger partial charge in [0.15, 0.2) is 0 Å². The lowest BCUT2D eigenvalue weighted by atomic mass is 9.86. The van der Waals surface area contributed by atoms with Gasteiger partial charge in [-0.15, -0.1) is 0 Å². The number of rotatable bonds is 11. The molecule has 2 saturated heterocycles. The third-order valence-corrected chi connectivity index (χ3v) is 9.71. The summed E-state index contributed by atoms with van der Waals surface area (Å²) in [4.78, 5) is 81.4. The third kappa shape index (κ3) is 8.24. The highest BCUT2D eigenvalue weighted by Gasteiger charge is 2.43. The summed E-state index contributed by atoms with van der Waals surface area (Å²) in [6.07, 6.45) is 6.23. The highest BCUT2D eigenvalue weighted by Crippen LogP contribution is 2.31. The van der Waals surface area contributed by atoms with Crippen molar-refractivity contribution in [3.05, 3.63) is 35.4 Å². The molecule has 2 heterocycles. The molecule has 12 heteroatoms. The first-order chi connectivity index (χ1) is 21.9. The lowest BCUT2D eigenvalue weighted by Crippen LogP contribution is -2.60. The van der Waals surface area contributed by atoms with Crippen LogP contribution in [0.3, 0.4) is 0 Å². The van der Waals surface area contributed by atoms with Crippen molar-refractivity contribution in [2.45, 2.75) is 103 Å². The van der Waals surface area contributed by atoms with Gasteiger partial charge in [-0.1, -0.05) is 45.0 Å². The van der Waals surface area contributed by atoms with Crippen LogP contribution in [0.5, 0.6) is 0 Å². The summed E-state index contributed by atoms with van der Waals surface area (Å²) in [5.74, 6) is -2.41. The van der Waals surface area contributed by atoms with Gasteiger partial charge >= 0.3 is 6.03 Å². The molecule has 0 unspecified atom stereocenters. The lowest BCUT2D eigenvalue weighted by Gasteiger charge is -2.38. The Hall–Kier alpha value is -3.96. The number of nitrogens with zero attached hydrogens (tertiary/aromatic N) is 2. The van der Waals surface area contributed by atoms with E-state index in [1.54, 1.807) is 0 Å². The van der Waals surface area contributed by atoms with E-state index in [1.165, 1.54) is 4.90 Å². The Morgan fingerprint density at radius 2 is 1.61 bits per heavy atom. The van der Waals surface area contributed by atoms with Crippen LogP contribution < -0.4 is 21.3 Å². The largest absolute Gasteiger partial charge is 0.347 e. The standard InChI is InChI=1S/C34H48N6O6/c1-34(2,3)27(20-39-15-7-6-12-28(39)42)37-33(46)38-29(23-17-21-9-4-5-10-22(21)18-23)32(45)40-16-8-11-25(40)30(43)35-19-26(41)31(44)36-24-13-14-24/h4-5,9-10,23-25,27,29H,6-8,11-20H2,1-3H3,(H,35,43)(H,36,44)(H2,37,38,46)/t25-,27+,29-/m0/s1. The first kappa shape index (κ1) is 33.4. The Bertz CT molecular complexity index is 1330. The maximum absolute atomic E-state index is 14.3. The molecule has 2 aliphatic heterocycles. The van der Waals surface area contributed by atoms with Crippen molar-refractivity contribution in [2.24, 2.45) is 11.3 Å². The molecule has 46 heavy (non-hydrogen) atoms. The Morgan fingerprint density at radius 3 is 2.24 bits per heavy atom. The van der Waals surface area contributed by atoms with Gasteiger partial charge in [0, 0.05) is 32.1 Å². The Balaban J connectivity index is 1.28. The quantitative estimate of drug-likeness (QED) is 0.270. The Kier molecular flexibility index (Phi) is 10.3. The molecule has 12 nitrogen and oxygen atoms in total. The van der Waals surface area contributed by atoms with Crippen molar-refractivity contribution < 1.29 is 28.8 Å². The molecule has 3 fully saturated rings. The number of nitrogens with one attached hydrogen (secondary N) is 4. The van der Waals surface area contributed by atoms with E-state index in [4.69, 9.17) is 0 Å². The second kappa shape index (κ2) is 14.2. The van der Waals surface area contributed by atoms with E-state index < -0.39 is 42.3 Å². The van der Waals surface area contributed by atoms with E-state index in [1.807, 2.05) is 49.9 Å². The average Bonchev–Trinajstić information content (AvgIpc) is 3.51. The van der Waals surface area contributed by atoms with Crippen LogP contribution in [0.25, 0.3) is 0 Å². The van der Waals surface area contributed by atoms with Gasteiger partial charge in [-0.05, 0) is 73.8 Å².